The summed E-state index contributed by atoms with van der Waals surface area (Å²) in [5.41, 5.74) is 5.27. The number of nitrogens with one attached hydrogen (secondary N) is 1. The molecule has 16 heteroatoms. The van der Waals surface area contributed by atoms with Gasteiger partial charge in [0.25, 0.3) is 5.91 Å². The van der Waals surface area contributed by atoms with Crippen molar-refractivity contribution in [3.8, 4) is 28.6 Å². The zero-order chi connectivity index (χ0) is 35.7. The number of rotatable bonds is 13. The van der Waals surface area contributed by atoms with Gasteiger partial charge in [-0.25, -0.2) is 14.2 Å². The molecule has 1 aromatic heterocycles. The van der Waals surface area contributed by atoms with Gasteiger partial charge in [0, 0.05) is 65.0 Å². The van der Waals surface area contributed by atoms with Crippen molar-refractivity contribution >= 4 is 47.7 Å². The van der Waals surface area contributed by atoms with Crippen LogP contribution in [0.25, 0.3) is 11.4 Å². The molecule has 4 aromatic carbocycles. The zero-order valence-electron chi connectivity index (χ0n) is 27.5. The molecule has 0 bridgehead atoms. The summed E-state index contributed by atoms with van der Waals surface area (Å²) in [7, 11) is 0. The Hall–Kier alpha value is -4.79. The SMILES string of the molecule is Cl.O=C(CN1CCN(Cc2nc(-c3ccc(COc4ccc(F)c(F)c4)cc3)no2)CC1)NN=Cc1ccc(OCc2ccc(Cl)cc2Cl)cc1O. The van der Waals surface area contributed by atoms with Crippen molar-refractivity contribution in [3.63, 3.8) is 0 Å². The number of hydrogen-bond donors (Lipinski definition) is 2. The second-order valence-corrected chi connectivity index (χ2v) is 12.5. The van der Waals surface area contributed by atoms with Crippen LogP contribution in [0, 0.1) is 11.6 Å². The average molecular weight is 774 g/mol. The molecule has 2 heterocycles. The minimum atomic E-state index is -0.963. The molecule has 52 heavy (non-hydrogen) atoms. The molecule has 11 nitrogen and oxygen atoms in total. The fourth-order valence-corrected chi connectivity index (χ4v) is 5.61. The lowest BCUT2D eigenvalue weighted by Crippen LogP contribution is -2.48. The minimum absolute atomic E-state index is 0. The molecule has 1 aliphatic rings. The minimum Gasteiger partial charge on any atom is -0.507 e. The van der Waals surface area contributed by atoms with E-state index < -0.39 is 11.6 Å². The predicted molar refractivity (Wildman–Crippen MR) is 194 cm³/mol. The van der Waals surface area contributed by atoms with E-state index in [0.29, 0.717) is 65.8 Å². The normalized spacial score (nSPS) is 13.5. The van der Waals surface area contributed by atoms with Crippen LogP contribution in [-0.2, 0) is 24.6 Å². The molecule has 0 unspecified atom stereocenters. The number of phenolic OH excluding ortho intramolecular Hbond substituents is 1. The van der Waals surface area contributed by atoms with Crippen LogP contribution in [0.3, 0.4) is 0 Å². The third-order valence-electron chi connectivity index (χ3n) is 7.97. The maximum atomic E-state index is 13.4. The number of carbonyl (C=O) groups is 1. The summed E-state index contributed by atoms with van der Waals surface area (Å²) in [5.74, 6) is -0.615. The fourth-order valence-electron chi connectivity index (χ4n) is 5.15. The lowest BCUT2D eigenvalue weighted by molar-refractivity contribution is -0.122. The average Bonchev–Trinajstić information content (AvgIpc) is 3.59. The van der Waals surface area contributed by atoms with E-state index in [-0.39, 0.29) is 49.6 Å². The smallest absolute Gasteiger partial charge is 0.254 e. The summed E-state index contributed by atoms with van der Waals surface area (Å²) in [6.45, 7) is 3.76. The third-order valence-corrected chi connectivity index (χ3v) is 8.56. The van der Waals surface area contributed by atoms with Crippen LogP contribution in [-0.4, -0.2) is 69.9 Å². The number of aromatic hydroxyl groups is 1. The largest absolute Gasteiger partial charge is 0.507 e. The van der Waals surface area contributed by atoms with Crippen LogP contribution in [0.15, 0.2) is 88.5 Å². The van der Waals surface area contributed by atoms with Crippen molar-refractivity contribution in [1.29, 1.82) is 0 Å². The van der Waals surface area contributed by atoms with Crippen LogP contribution in [0.5, 0.6) is 17.2 Å². The molecule has 0 atom stereocenters. The summed E-state index contributed by atoms with van der Waals surface area (Å²) in [6.07, 6.45) is 1.37. The number of piperazine rings is 1. The van der Waals surface area contributed by atoms with Gasteiger partial charge < -0.3 is 19.1 Å². The Balaban J connectivity index is 0.00000523. The predicted octanol–water partition coefficient (Wildman–Crippen LogP) is 6.87. The van der Waals surface area contributed by atoms with E-state index in [4.69, 9.17) is 37.2 Å². The number of amides is 1. The second kappa shape index (κ2) is 18.1. The number of hydrogen-bond acceptors (Lipinski definition) is 10. The third kappa shape index (κ3) is 10.6. The molecule has 6 rings (SSSR count). The number of halogens is 5. The Labute approximate surface area is 314 Å². The van der Waals surface area contributed by atoms with Gasteiger partial charge in [0.2, 0.25) is 11.7 Å². The molecule has 1 aliphatic heterocycles. The van der Waals surface area contributed by atoms with E-state index in [1.54, 1.807) is 30.3 Å². The van der Waals surface area contributed by atoms with E-state index >= 15 is 0 Å². The highest BCUT2D eigenvalue weighted by atomic mass is 35.5. The Morgan fingerprint density at radius 3 is 2.35 bits per heavy atom. The maximum Gasteiger partial charge on any atom is 0.254 e. The summed E-state index contributed by atoms with van der Waals surface area (Å²) in [6, 6.07) is 20.6. The van der Waals surface area contributed by atoms with Crippen molar-refractivity contribution in [2.75, 3.05) is 32.7 Å². The molecule has 0 aliphatic carbocycles. The number of phenols is 1. The van der Waals surface area contributed by atoms with Gasteiger partial charge in [-0.05, 0) is 42.0 Å². The first-order valence-corrected chi connectivity index (χ1v) is 16.6. The number of nitrogens with zero attached hydrogens (tertiary/aromatic N) is 5. The highest BCUT2D eigenvalue weighted by Gasteiger charge is 2.21. The van der Waals surface area contributed by atoms with Crippen LogP contribution in [0.4, 0.5) is 8.78 Å². The van der Waals surface area contributed by atoms with Gasteiger partial charge >= 0.3 is 0 Å². The van der Waals surface area contributed by atoms with Crippen LogP contribution in [0.2, 0.25) is 10.0 Å². The summed E-state index contributed by atoms with van der Waals surface area (Å²) in [4.78, 5) is 21.2. The van der Waals surface area contributed by atoms with Gasteiger partial charge in [-0.2, -0.15) is 10.1 Å². The van der Waals surface area contributed by atoms with Gasteiger partial charge in [-0.15, -0.1) is 12.4 Å². The summed E-state index contributed by atoms with van der Waals surface area (Å²) < 4.78 is 43.3. The molecule has 1 amide bonds. The Morgan fingerprint density at radius 1 is 0.904 bits per heavy atom. The van der Waals surface area contributed by atoms with E-state index in [9.17, 15) is 18.7 Å². The zero-order valence-corrected chi connectivity index (χ0v) is 29.8. The molecular weight excluding hydrogens is 741 g/mol. The van der Waals surface area contributed by atoms with E-state index in [1.807, 2.05) is 29.2 Å². The molecule has 5 aromatic rings. The van der Waals surface area contributed by atoms with E-state index in [1.165, 1.54) is 18.3 Å². The van der Waals surface area contributed by atoms with Crippen molar-refractivity contribution < 1.29 is 32.7 Å². The molecule has 1 saturated heterocycles. The van der Waals surface area contributed by atoms with Crippen molar-refractivity contribution in [2.45, 2.75) is 19.8 Å². The topological polar surface area (TPSA) is 126 Å². The number of ether oxygens (including phenoxy) is 2. The molecular formula is C36H33Cl3F2N6O5. The fraction of sp³-hybridized carbons (Fsp3) is 0.222. The lowest BCUT2D eigenvalue weighted by atomic mass is 10.1. The van der Waals surface area contributed by atoms with E-state index in [0.717, 1.165) is 28.8 Å². The van der Waals surface area contributed by atoms with Crippen molar-refractivity contribution in [3.05, 3.63) is 123 Å². The summed E-state index contributed by atoms with van der Waals surface area (Å²) >= 11 is 12.1. The first kappa shape index (κ1) is 38.4. The molecule has 272 valence electrons. The van der Waals surface area contributed by atoms with Crippen LogP contribution >= 0.6 is 35.6 Å². The monoisotopic (exact) mass is 772 g/mol. The first-order valence-electron chi connectivity index (χ1n) is 15.8. The Bertz CT molecular complexity index is 2010. The molecule has 0 spiro atoms. The van der Waals surface area contributed by atoms with Crippen molar-refractivity contribution in [1.82, 2.24) is 25.4 Å². The van der Waals surface area contributed by atoms with E-state index in [2.05, 4.69) is 25.6 Å². The number of hydrazone groups is 1. The van der Waals surface area contributed by atoms with Gasteiger partial charge in [-0.1, -0.05) is 58.7 Å². The highest BCUT2D eigenvalue weighted by molar-refractivity contribution is 6.35. The van der Waals surface area contributed by atoms with Crippen LogP contribution in [0.1, 0.15) is 22.6 Å². The molecule has 0 radical (unpaired) electrons. The second-order valence-electron chi connectivity index (χ2n) is 11.7. The highest BCUT2D eigenvalue weighted by Crippen LogP contribution is 2.26. The standard InChI is InChI=1S/C36H32Cl2F2N6O5.ClH/c37-27-7-5-26(30(38)15-27)22-50-29-8-6-25(33(47)17-29)18-41-43-34(48)19-45-11-13-46(14-12-45)20-35-42-36(44-51-35)24-3-1-23(2-4-24)21-49-28-9-10-31(39)32(40)16-28;/h1-10,15-18,47H,11-14,19-22H2,(H,43,48);1H. The summed E-state index contributed by atoms with van der Waals surface area (Å²) in [5, 5.41) is 19.5. The number of benzene rings is 4. The van der Waals surface area contributed by atoms with Gasteiger partial charge in [0.1, 0.15) is 30.5 Å². The van der Waals surface area contributed by atoms with Gasteiger partial charge in [0.05, 0.1) is 19.3 Å². The van der Waals surface area contributed by atoms with Crippen LogP contribution < -0.4 is 14.9 Å². The van der Waals surface area contributed by atoms with Gasteiger partial charge in [0.15, 0.2) is 11.6 Å². The molecule has 1 fully saturated rings. The number of carbonyl (C=O) groups excluding carboxylic acids is 1. The molecule has 2 N–H and O–H groups in total. The quantitative estimate of drug-likeness (QED) is 0.0974. The van der Waals surface area contributed by atoms with Gasteiger partial charge in [-0.3, -0.25) is 14.6 Å². The molecule has 0 saturated carbocycles. The lowest BCUT2D eigenvalue weighted by Gasteiger charge is -2.33. The van der Waals surface area contributed by atoms with Crippen molar-refractivity contribution in [2.24, 2.45) is 5.10 Å². The maximum absolute atomic E-state index is 13.4. The number of aromatic nitrogens is 2. The Morgan fingerprint density at radius 2 is 1.62 bits per heavy atom. The first-order chi connectivity index (χ1) is 24.7. The Kier molecular flexibility index (Phi) is 13.4.